The Morgan fingerprint density at radius 1 is 0.944 bits per heavy atom. The molecule has 4 aromatic rings. The van der Waals surface area contributed by atoms with E-state index in [0.29, 0.717) is 30.9 Å². The van der Waals surface area contributed by atoms with E-state index in [9.17, 15) is 24.9 Å². The fourth-order valence-electron chi connectivity index (χ4n) is 9.28. The molecule has 4 bridgehead atoms. The number of fused-ring (bicyclic) bond motifs is 6. The minimum absolute atomic E-state index is 0.00331. The summed E-state index contributed by atoms with van der Waals surface area (Å²) >= 11 is 0. The minimum Gasteiger partial charge on any atom is -0.504 e. The summed E-state index contributed by atoms with van der Waals surface area (Å²) in [6.45, 7) is -0.145. The molecule has 0 radical (unpaired) electrons. The Labute approximate surface area is 314 Å². The number of rotatable bonds is 7. The predicted molar refractivity (Wildman–Crippen MR) is 204 cm³/mol. The molecule has 3 aromatic carbocycles. The largest absolute Gasteiger partial charge is 0.504 e. The van der Waals surface area contributed by atoms with E-state index < -0.39 is 12.1 Å². The molecule has 0 amide bonds. The minimum atomic E-state index is -0.687. The number of para-hydroxylation sites is 1. The summed E-state index contributed by atoms with van der Waals surface area (Å²) in [5.41, 5.74) is 7.89. The zero-order chi connectivity index (χ0) is 37.3. The van der Waals surface area contributed by atoms with Gasteiger partial charge in [-0.25, -0.2) is 0 Å². The number of Topliss-reactive ketones (excluding diaryl/α,β-unsaturated/α-hetero) is 1. The van der Waals surface area contributed by atoms with E-state index in [4.69, 9.17) is 14.2 Å². The first-order chi connectivity index (χ1) is 26.3. The Kier molecular flexibility index (Phi) is 9.95. The second kappa shape index (κ2) is 15.1. The van der Waals surface area contributed by atoms with Crippen molar-refractivity contribution < 1.29 is 39.1 Å². The number of phenols is 2. The van der Waals surface area contributed by atoms with Crippen LogP contribution in [-0.2, 0) is 27.2 Å². The third-order valence-electron chi connectivity index (χ3n) is 11.7. The zero-order valence-electron chi connectivity index (χ0n) is 30.4. The summed E-state index contributed by atoms with van der Waals surface area (Å²) < 4.78 is 17.2. The van der Waals surface area contributed by atoms with Crippen LogP contribution in [0.15, 0.2) is 72.3 Å². The number of esters is 1. The average Bonchev–Trinajstić information content (AvgIpc) is 3.48. The van der Waals surface area contributed by atoms with Crippen LogP contribution in [0.4, 0.5) is 0 Å². The van der Waals surface area contributed by atoms with Crippen molar-refractivity contribution in [3.05, 3.63) is 100 Å². The number of benzene rings is 3. The maximum atomic E-state index is 14.4. The van der Waals surface area contributed by atoms with Crippen molar-refractivity contribution in [2.75, 3.05) is 20.3 Å². The Balaban J connectivity index is 1.24. The molecule has 54 heavy (non-hydrogen) atoms. The van der Waals surface area contributed by atoms with Gasteiger partial charge in [-0.15, -0.1) is 0 Å². The molecule has 3 aliphatic carbocycles. The molecule has 5 unspecified atom stereocenters. The molecule has 1 saturated carbocycles. The van der Waals surface area contributed by atoms with Crippen LogP contribution < -0.4 is 9.47 Å². The lowest BCUT2D eigenvalue weighted by molar-refractivity contribution is -0.149. The molecular formula is C45H45NO8. The monoisotopic (exact) mass is 727 g/mol. The van der Waals surface area contributed by atoms with Crippen molar-refractivity contribution >= 4 is 28.2 Å². The Morgan fingerprint density at radius 3 is 2.65 bits per heavy atom. The van der Waals surface area contributed by atoms with Crippen LogP contribution in [0.3, 0.4) is 0 Å². The number of ether oxygens (including phenoxy) is 3. The van der Waals surface area contributed by atoms with E-state index in [-0.39, 0.29) is 73.3 Å². The maximum Gasteiger partial charge on any atom is 0.318 e. The number of aromatic nitrogens is 1. The highest BCUT2D eigenvalue weighted by molar-refractivity contribution is 5.96. The van der Waals surface area contributed by atoms with E-state index in [1.54, 1.807) is 19.2 Å². The molecule has 1 aliphatic heterocycles. The van der Waals surface area contributed by atoms with Crippen LogP contribution in [0.1, 0.15) is 78.8 Å². The number of aromatic amines is 1. The van der Waals surface area contributed by atoms with Gasteiger partial charge in [-0.1, -0.05) is 48.3 Å². The molecular weight excluding hydrogens is 682 g/mol. The maximum absolute atomic E-state index is 14.4. The number of nitrogens with one attached hydrogen (secondary N) is 1. The number of hydrogen-bond donors (Lipinski definition) is 4. The summed E-state index contributed by atoms with van der Waals surface area (Å²) in [7, 11) is 1.55. The highest BCUT2D eigenvalue weighted by Crippen LogP contribution is 2.57. The van der Waals surface area contributed by atoms with Crippen molar-refractivity contribution in [1.29, 1.82) is 0 Å². The van der Waals surface area contributed by atoms with Crippen molar-refractivity contribution in [2.45, 2.75) is 69.8 Å². The molecule has 2 heterocycles. The highest BCUT2D eigenvalue weighted by atomic mass is 16.5. The number of H-pyrrole nitrogens is 1. The fourth-order valence-corrected chi connectivity index (χ4v) is 9.28. The van der Waals surface area contributed by atoms with E-state index in [2.05, 4.69) is 41.1 Å². The number of carbonyl (C=O) groups is 2. The SMILES string of the molecule is COc1cc2c(cc1O)C1=C3C=CC4CCC(C3C4)C2CC(=O)CC(CCc2ccc(O)c(OCCO)c2)OC(=O)CC#CCc2c1[nH]c1ccccc21. The number of cyclic esters (lactones) is 1. The van der Waals surface area contributed by atoms with Gasteiger partial charge in [0.25, 0.3) is 0 Å². The Hall–Kier alpha value is -5.46. The molecule has 9 nitrogen and oxygen atoms in total. The molecule has 4 aliphatic rings. The summed E-state index contributed by atoms with van der Waals surface area (Å²) in [5.74, 6) is 7.15. The molecule has 8 rings (SSSR count). The standard InChI is InChI=1S/C45H45NO8/c1-52-41-25-36-35-23-28(48)22-29(14-10-27-13-17-39(49)42(21-27)53-19-18-47)54-43(51)9-5-3-7-33-31-6-2-4-8-38(31)46-45(33)44(37(36)24-40(41)50)32-16-12-26-11-15-30(35)34(32)20-26/h2,4,6,8,12-13,16-17,21,24-26,29-30,34-35,46-47,49-50H,7,9-11,14-15,18-20,22-23H2,1H3. The van der Waals surface area contributed by atoms with Crippen molar-refractivity contribution in [3.63, 3.8) is 0 Å². The summed E-state index contributed by atoms with van der Waals surface area (Å²) in [4.78, 5) is 31.4. The van der Waals surface area contributed by atoms with Crippen LogP contribution in [0, 0.1) is 29.6 Å². The topological polar surface area (TPSA) is 138 Å². The zero-order valence-corrected chi connectivity index (χ0v) is 30.4. The van der Waals surface area contributed by atoms with Gasteiger partial charge in [-0.3, -0.25) is 9.59 Å². The van der Waals surface area contributed by atoms with Crippen LogP contribution in [0.5, 0.6) is 23.0 Å². The number of aliphatic hydroxyl groups is 1. The van der Waals surface area contributed by atoms with Gasteiger partial charge in [0.05, 0.1) is 19.4 Å². The fraction of sp³-hybridized carbons (Fsp3) is 0.378. The van der Waals surface area contributed by atoms with Gasteiger partial charge < -0.3 is 34.5 Å². The van der Waals surface area contributed by atoms with Crippen molar-refractivity contribution in [1.82, 2.24) is 4.98 Å². The van der Waals surface area contributed by atoms with Gasteiger partial charge in [-0.05, 0) is 114 Å². The molecule has 0 saturated heterocycles. The number of carbonyl (C=O) groups excluding carboxylic acids is 2. The first-order valence-corrected chi connectivity index (χ1v) is 19.0. The second-order valence-electron chi connectivity index (χ2n) is 15.0. The number of aromatic hydroxyl groups is 2. The molecule has 4 N–H and O–H groups in total. The van der Waals surface area contributed by atoms with Gasteiger partial charge in [0.15, 0.2) is 23.0 Å². The van der Waals surface area contributed by atoms with Crippen LogP contribution in [0.2, 0.25) is 0 Å². The van der Waals surface area contributed by atoms with Gasteiger partial charge in [0.2, 0.25) is 0 Å². The molecule has 1 aromatic heterocycles. The third kappa shape index (κ3) is 6.87. The predicted octanol–water partition coefficient (Wildman–Crippen LogP) is 7.30. The van der Waals surface area contributed by atoms with E-state index in [1.165, 1.54) is 11.6 Å². The first-order valence-electron chi connectivity index (χ1n) is 19.0. The number of phenolic OH excluding ortho intramolecular Hbond substituents is 2. The number of aliphatic hydroxyl groups excluding tert-OH is 1. The number of aryl methyl sites for hydroxylation is 1. The van der Waals surface area contributed by atoms with E-state index in [0.717, 1.165) is 63.7 Å². The molecule has 5 atom stereocenters. The summed E-state index contributed by atoms with van der Waals surface area (Å²) in [5, 5.41) is 31.8. The van der Waals surface area contributed by atoms with Gasteiger partial charge in [-0.2, -0.15) is 0 Å². The molecule has 1 fully saturated rings. The number of methoxy groups -OCH3 is 1. The van der Waals surface area contributed by atoms with Gasteiger partial charge >= 0.3 is 5.97 Å². The van der Waals surface area contributed by atoms with Crippen LogP contribution >= 0.6 is 0 Å². The number of hydrogen-bond acceptors (Lipinski definition) is 8. The normalized spacial score (nSPS) is 23.6. The van der Waals surface area contributed by atoms with Gasteiger partial charge in [0.1, 0.15) is 24.9 Å². The highest BCUT2D eigenvalue weighted by Gasteiger charge is 2.44. The molecule has 0 spiro atoms. The first kappa shape index (κ1) is 35.6. The van der Waals surface area contributed by atoms with Crippen molar-refractivity contribution in [2.24, 2.45) is 17.8 Å². The van der Waals surface area contributed by atoms with E-state index >= 15 is 0 Å². The summed E-state index contributed by atoms with van der Waals surface area (Å²) in [6.07, 6.45) is 8.37. The van der Waals surface area contributed by atoms with Crippen LogP contribution in [-0.4, -0.2) is 58.5 Å². The number of ketones is 1. The Morgan fingerprint density at radius 2 is 1.80 bits per heavy atom. The lowest BCUT2D eigenvalue weighted by Gasteiger charge is -2.42. The molecule has 278 valence electrons. The Bertz CT molecular complexity index is 2230. The summed E-state index contributed by atoms with van der Waals surface area (Å²) in [6, 6.07) is 16.9. The lowest BCUT2D eigenvalue weighted by atomic mass is 9.62. The lowest BCUT2D eigenvalue weighted by Crippen LogP contribution is -2.33. The second-order valence-corrected chi connectivity index (χ2v) is 15.0. The van der Waals surface area contributed by atoms with E-state index in [1.807, 2.05) is 24.3 Å². The third-order valence-corrected chi connectivity index (χ3v) is 11.7. The number of allylic oxidation sites excluding steroid dienone is 3. The molecule has 9 heteroatoms. The van der Waals surface area contributed by atoms with Gasteiger partial charge in [0, 0.05) is 35.7 Å². The average molecular weight is 728 g/mol. The smallest absolute Gasteiger partial charge is 0.318 e. The van der Waals surface area contributed by atoms with Crippen molar-refractivity contribution in [3.8, 4) is 34.8 Å². The quantitative estimate of drug-likeness (QED) is 0.115. The van der Waals surface area contributed by atoms with Crippen LogP contribution in [0.25, 0.3) is 16.5 Å².